The number of sulfone groups is 1. The van der Waals surface area contributed by atoms with Crippen molar-refractivity contribution in [3.63, 3.8) is 0 Å². The molecule has 0 unspecified atom stereocenters. The summed E-state index contributed by atoms with van der Waals surface area (Å²) in [6.45, 7) is 6.43. The van der Waals surface area contributed by atoms with Crippen LogP contribution in [0.3, 0.4) is 0 Å². The van der Waals surface area contributed by atoms with E-state index in [1.165, 1.54) is 6.26 Å². The highest BCUT2D eigenvalue weighted by Gasteiger charge is 2.16. The van der Waals surface area contributed by atoms with Crippen LogP contribution in [-0.4, -0.2) is 20.2 Å². The molecule has 4 heteroatoms. The molecule has 0 saturated carbocycles. The van der Waals surface area contributed by atoms with Crippen LogP contribution in [0.25, 0.3) is 0 Å². The quantitative estimate of drug-likeness (QED) is 0.879. The molecule has 1 rings (SSSR count). The topological polar surface area (TPSA) is 46.2 Å². The number of anilines is 1. The van der Waals surface area contributed by atoms with Crippen LogP contribution in [0.4, 0.5) is 5.69 Å². The molecule has 3 nitrogen and oxygen atoms in total. The summed E-state index contributed by atoms with van der Waals surface area (Å²) in [6, 6.07) is 6.90. The maximum Gasteiger partial charge on any atom is 0.175 e. The number of benzene rings is 1. The van der Waals surface area contributed by atoms with Gasteiger partial charge >= 0.3 is 0 Å². The summed E-state index contributed by atoms with van der Waals surface area (Å²) in [7, 11) is -3.10. The number of hydrogen-bond acceptors (Lipinski definition) is 3. The molecule has 0 aliphatic rings. The Hall–Kier alpha value is -1.03. The van der Waals surface area contributed by atoms with Gasteiger partial charge in [-0.15, -0.1) is 0 Å². The summed E-state index contributed by atoms with van der Waals surface area (Å²) in [5, 5.41) is 3.40. The smallest absolute Gasteiger partial charge is 0.175 e. The fourth-order valence-electron chi connectivity index (χ4n) is 1.86. The van der Waals surface area contributed by atoms with E-state index in [1.807, 2.05) is 12.1 Å². The summed E-state index contributed by atoms with van der Waals surface area (Å²) >= 11 is 0. The van der Waals surface area contributed by atoms with Crippen LogP contribution in [0.5, 0.6) is 0 Å². The van der Waals surface area contributed by atoms with Gasteiger partial charge in [0, 0.05) is 17.5 Å². The van der Waals surface area contributed by atoms with Gasteiger partial charge in [-0.3, -0.25) is 0 Å². The SMILES string of the molecule is CCCC(C)(C)Nc1ccc(S(C)(=O)=O)cc1. The molecule has 1 aromatic rings. The van der Waals surface area contributed by atoms with Gasteiger partial charge in [-0.05, 0) is 44.5 Å². The van der Waals surface area contributed by atoms with Crippen LogP contribution in [0.1, 0.15) is 33.6 Å². The average Bonchev–Trinajstić information content (AvgIpc) is 2.16. The van der Waals surface area contributed by atoms with Gasteiger partial charge in [0.2, 0.25) is 0 Å². The van der Waals surface area contributed by atoms with Gasteiger partial charge in [0.25, 0.3) is 0 Å². The first-order valence-corrected chi connectivity index (χ1v) is 7.72. The van der Waals surface area contributed by atoms with Crippen molar-refractivity contribution in [3.8, 4) is 0 Å². The van der Waals surface area contributed by atoms with E-state index in [0.717, 1.165) is 18.5 Å². The van der Waals surface area contributed by atoms with E-state index in [1.54, 1.807) is 12.1 Å². The minimum absolute atomic E-state index is 0.0291. The molecule has 1 aromatic carbocycles. The van der Waals surface area contributed by atoms with E-state index in [4.69, 9.17) is 0 Å². The number of rotatable bonds is 5. The average molecular weight is 255 g/mol. The Bertz CT molecular complexity index is 461. The minimum atomic E-state index is -3.10. The third-order valence-corrected chi connectivity index (χ3v) is 3.77. The highest BCUT2D eigenvalue weighted by molar-refractivity contribution is 7.90. The molecule has 96 valence electrons. The van der Waals surface area contributed by atoms with Crippen molar-refractivity contribution in [2.45, 2.75) is 44.0 Å². The second-order valence-corrected chi connectivity index (χ2v) is 7.07. The molecule has 0 heterocycles. The fraction of sp³-hybridized carbons (Fsp3) is 0.538. The Morgan fingerprint density at radius 2 is 1.71 bits per heavy atom. The first-order chi connectivity index (χ1) is 7.74. The molecule has 0 aliphatic heterocycles. The van der Waals surface area contributed by atoms with Gasteiger partial charge in [-0.25, -0.2) is 8.42 Å². The van der Waals surface area contributed by atoms with Crippen LogP contribution in [0, 0.1) is 0 Å². The molecule has 0 aliphatic carbocycles. The fourth-order valence-corrected chi connectivity index (χ4v) is 2.49. The lowest BCUT2D eigenvalue weighted by Gasteiger charge is -2.27. The Morgan fingerprint density at radius 1 is 1.18 bits per heavy atom. The predicted octanol–water partition coefficient (Wildman–Crippen LogP) is 3.08. The zero-order chi connectivity index (χ0) is 13.1. The largest absolute Gasteiger partial charge is 0.380 e. The van der Waals surface area contributed by atoms with Crippen LogP contribution >= 0.6 is 0 Å². The Kier molecular flexibility index (Phi) is 4.20. The molecule has 0 radical (unpaired) electrons. The number of hydrogen-bond donors (Lipinski definition) is 1. The van der Waals surface area contributed by atoms with E-state index in [9.17, 15) is 8.42 Å². The zero-order valence-corrected chi connectivity index (χ0v) is 11.8. The van der Waals surface area contributed by atoms with Crippen molar-refractivity contribution in [2.24, 2.45) is 0 Å². The maximum absolute atomic E-state index is 11.3. The van der Waals surface area contributed by atoms with E-state index in [2.05, 4.69) is 26.1 Å². The third kappa shape index (κ3) is 4.38. The van der Waals surface area contributed by atoms with E-state index >= 15 is 0 Å². The van der Waals surface area contributed by atoms with Gasteiger partial charge < -0.3 is 5.32 Å². The van der Waals surface area contributed by atoms with Crippen LogP contribution in [-0.2, 0) is 9.84 Å². The monoisotopic (exact) mass is 255 g/mol. The second-order valence-electron chi connectivity index (χ2n) is 5.06. The van der Waals surface area contributed by atoms with Crippen molar-refractivity contribution >= 4 is 15.5 Å². The molecule has 0 bridgehead atoms. The molecule has 0 spiro atoms. The zero-order valence-electron chi connectivity index (χ0n) is 10.9. The summed E-state index contributed by atoms with van der Waals surface area (Å²) in [5.41, 5.74) is 0.984. The standard InChI is InChI=1S/C13H21NO2S/c1-5-10-13(2,3)14-11-6-8-12(9-7-11)17(4,15)16/h6-9,14H,5,10H2,1-4H3. The Morgan fingerprint density at radius 3 is 2.12 bits per heavy atom. The van der Waals surface area contributed by atoms with Crippen LogP contribution < -0.4 is 5.32 Å². The van der Waals surface area contributed by atoms with Crippen molar-refractivity contribution in [2.75, 3.05) is 11.6 Å². The normalized spacial score (nSPS) is 12.5. The summed E-state index contributed by atoms with van der Waals surface area (Å²) in [4.78, 5) is 0.358. The summed E-state index contributed by atoms with van der Waals surface area (Å²) < 4.78 is 22.6. The van der Waals surface area contributed by atoms with E-state index in [-0.39, 0.29) is 5.54 Å². The molecule has 0 saturated heterocycles. The highest BCUT2D eigenvalue weighted by Crippen LogP contribution is 2.21. The first-order valence-electron chi connectivity index (χ1n) is 5.83. The van der Waals surface area contributed by atoms with Gasteiger partial charge in [-0.2, -0.15) is 0 Å². The van der Waals surface area contributed by atoms with Crippen LogP contribution in [0.2, 0.25) is 0 Å². The molecular formula is C13H21NO2S. The number of nitrogens with one attached hydrogen (secondary N) is 1. The highest BCUT2D eigenvalue weighted by atomic mass is 32.2. The van der Waals surface area contributed by atoms with Gasteiger partial charge in [0.05, 0.1) is 4.90 Å². The van der Waals surface area contributed by atoms with Gasteiger partial charge in [0.1, 0.15) is 0 Å². The third-order valence-electron chi connectivity index (χ3n) is 2.64. The molecule has 0 amide bonds. The van der Waals surface area contributed by atoms with Crippen molar-refractivity contribution in [1.29, 1.82) is 0 Å². The predicted molar refractivity (Wildman–Crippen MR) is 72.2 cm³/mol. The lowest BCUT2D eigenvalue weighted by molar-refractivity contribution is 0.511. The van der Waals surface area contributed by atoms with Crippen molar-refractivity contribution < 1.29 is 8.42 Å². The summed E-state index contributed by atoms with van der Waals surface area (Å²) in [6.07, 6.45) is 3.40. The van der Waals surface area contributed by atoms with E-state index < -0.39 is 9.84 Å². The molecular weight excluding hydrogens is 234 g/mol. The van der Waals surface area contributed by atoms with Gasteiger partial charge in [0.15, 0.2) is 9.84 Å². The van der Waals surface area contributed by atoms with Crippen molar-refractivity contribution in [3.05, 3.63) is 24.3 Å². The maximum atomic E-state index is 11.3. The molecule has 0 atom stereocenters. The van der Waals surface area contributed by atoms with Crippen molar-refractivity contribution in [1.82, 2.24) is 0 Å². The van der Waals surface area contributed by atoms with Gasteiger partial charge in [-0.1, -0.05) is 13.3 Å². The second kappa shape index (κ2) is 5.08. The first kappa shape index (κ1) is 14.0. The minimum Gasteiger partial charge on any atom is -0.380 e. The van der Waals surface area contributed by atoms with E-state index in [0.29, 0.717) is 4.90 Å². The Labute approximate surface area is 104 Å². The molecule has 0 fully saturated rings. The lowest BCUT2D eigenvalue weighted by Crippen LogP contribution is -2.30. The summed E-state index contributed by atoms with van der Waals surface area (Å²) in [5.74, 6) is 0. The molecule has 1 N–H and O–H groups in total. The molecule has 0 aromatic heterocycles. The van der Waals surface area contributed by atoms with Crippen LogP contribution in [0.15, 0.2) is 29.2 Å². The molecule has 17 heavy (non-hydrogen) atoms. The Balaban J connectivity index is 2.82. The lowest BCUT2D eigenvalue weighted by atomic mass is 9.98.